The molecule has 0 N–H and O–H groups in total. The Bertz CT molecular complexity index is 534. The van der Waals surface area contributed by atoms with Gasteiger partial charge in [0.15, 0.2) is 0 Å². The molecule has 5 heteroatoms. The highest BCUT2D eigenvalue weighted by atomic mass is 32.2. The SMILES string of the molecule is Cc1cc(F)ccc1N1CCC(S(C)(=O)=O)CC1. The molecule has 0 radical (unpaired) electrons. The lowest BCUT2D eigenvalue weighted by Gasteiger charge is -2.33. The van der Waals surface area contributed by atoms with Crippen LogP contribution >= 0.6 is 0 Å². The van der Waals surface area contributed by atoms with Gasteiger partial charge in [-0.2, -0.15) is 0 Å². The Morgan fingerprint density at radius 1 is 1.28 bits per heavy atom. The molecule has 0 atom stereocenters. The fraction of sp³-hybridized carbons (Fsp3) is 0.538. The minimum absolute atomic E-state index is 0.227. The van der Waals surface area contributed by atoms with Gasteiger partial charge in [0, 0.05) is 25.0 Å². The third-order valence-electron chi connectivity index (χ3n) is 3.55. The van der Waals surface area contributed by atoms with Crippen LogP contribution in [0, 0.1) is 12.7 Å². The lowest BCUT2D eigenvalue weighted by molar-refractivity contribution is 0.533. The molecular weight excluding hydrogens is 253 g/mol. The minimum atomic E-state index is -2.94. The molecule has 0 bridgehead atoms. The minimum Gasteiger partial charge on any atom is -0.371 e. The van der Waals surface area contributed by atoms with Gasteiger partial charge in [-0.25, -0.2) is 12.8 Å². The van der Waals surface area contributed by atoms with Crippen molar-refractivity contribution in [3.05, 3.63) is 29.6 Å². The number of aryl methyl sites for hydroxylation is 1. The van der Waals surface area contributed by atoms with Crippen LogP contribution in [-0.2, 0) is 9.84 Å². The van der Waals surface area contributed by atoms with Crippen LogP contribution in [0.25, 0.3) is 0 Å². The fourth-order valence-corrected chi connectivity index (χ4v) is 3.57. The quantitative estimate of drug-likeness (QED) is 0.827. The van der Waals surface area contributed by atoms with E-state index < -0.39 is 9.84 Å². The summed E-state index contributed by atoms with van der Waals surface area (Å²) in [6.07, 6.45) is 2.60. The molecule has 1 saturated heterocycles. The molecule has 3 nitrogen and oxygen atoms in total. The summed E-state index contributed by atoms with van der Waals surface area (Å²) in [5.41, 5.74) is 1.90. The molecule has 1 heterocycles. The zero-order chi connectivity index (χ0) is 13.3. The van der Waals surface area contributed by atoms with E-state index in [2.05, 4.69) is 4.90 Å². The zero-order valence-corrected chi connectivity index (χ0v) is 11.5. The lowest BCUT2D eigenvalue weighted by Crippen LogP contribution is -2.39. The summed E-state index contributed by atoms with van der Waals surface area (Å²) in [5, 5.41) is -0.227. The average molecular weight is 271 g/mol. The number of hydrogen-bond donors (Lipinski definition) is 0. The summed E-state index contributed by atoms with van der Waals surface area (Å²) in [5.74, 6) is -0.234. The lowest BCUT2D eigenvalue weighted by atomic mass is 10.1. The monoisotopic (exact) mass is 271 g/mol. The number of sulfone groups is 1. The molecular formula is C13H18FNO2S. The van der Waals surface area contributed by atoms with E-state index in [-0.39, 0.29) is 11.1 Å². The Labute approximate surface area is 108 Å². The van der Waals surface area contributed by atoms with Gasteiger partial charge in [0.1, 0.15) is 15.7 Å². The molecule has 0 spiro atoms. The Morgan fingerprint density at radius 2 is 1.89 bits per heavy atom. The fourth-order valence-electron chi connectivity index (χ4n) is 2.50. The second-order valence-electron chi connectivity index (χ2n) is 4.95. The van der Waals surface area contributed by atoms with Crippen molar-refractivity contribution in [1.82, 2.24) is 0 Å². The van der Waals surface area contributed by atoms with Gasteiger partial charge in [-0.1, -0.05) is 0 Å². The van der Waals surface area contributed by atoms with Gasteiger partial charge in [0.05, 0.1) is 5.25 Å². The first-order chi connectivity index (χ1) is 8.38. The van der Waals surface area contributed by atoms with Gasteiger partial charge in [0.25, 0.3) is 0 Å². The molecule has 100 valence electrons. The van der Waals surface area contributed by atoms with E-state index in [4.69, 9.17) is 0 Å². The highest BCUT2D eigenvalue weighted by Gasteiger charge is 2.27. The third-order valence-corrected chi connectivity index (χ3v) is 5.23. The van der Waals surface area contributed by atoms with Gasteiger partial charge < -0.3 is 4.90 Å². The first-order valence-corrected chi connectivity index (χ1v) is 8.03. The topological polar surface area (TPSA) is 37.4 Å². The Hall–Kier alpha value is -1.10. The van der Waals surface area contributed by atoms with Crippen LogP contribution in [-0.4, -0.2) is 33.0 Å². The van der Waals surface area contributed by atoms with Crippen molar-refractivity contribution in [2.45, 2.75) is 25.0 Å². The van der Waals surface area contributed by atoms with Gasteiger partial charge in [-0.05, 0) is 43.5 Å². The average Bonchev–Trinajstić information content (AvgIpc) is 2.28. The summed E-state index contributed by atoms with van der Waals surface area (Å²) < 4.78 is 36.0. The molecule has 0 saturated carbocycles. The standard InChI is InChI=1S/C13H18FNO2S/c1-10-9-11(14)3-4-13(10)15-7-5-12(6-8-15)18(2,16)17/h3-4,9,12H,5-8H2,1-2H3. The third kappa shape index (κ3) is 2.83. The van der Waals surface area contributed by atoms with E-state index in [9.17, 15) is 12.8 Å². The van der Waals surface area contributed by atoms with Crippen molar-refractivity contribution in [2.24, 2.45) is 0 Å². The van der Waals surface area contributed by atoms with Gasteiger partial charge in [-0.3, -0.25) is 0 Å². The van der Waals surface area contributed by atoms with Gasteiger partial charge in [-0.15, -0.1) is 0 Å². The molecule has 2 rings (SSSR count). The summed E-state index contributed by atoms with van der Waals surface area (Å²) in [7, 11) is -2.94. The van der Waals surface area contributed by atoms with Crippen LogP contribution in [0.5, 0.6) is 0 Å². The molecule has 1 aliphatic rings. The van der Waals surface area contributed by atoms with Crippen molar-refractivity contribution in [1.29, 1.82) is 0 Å². The molecule has 0 aliphatic carbocycles. The highest BCUT2D eigenvalue weighted by Crippen LogP contribution is 2.26. The van der Waals surface area contributed by atoms with E-state index in [0.29, 0.717) is 25.9 Å². The zero-order valence-electron chi connectivity index (χ0n) is 10.7. The normalized spacial score (nSPS) is 18.1. The number of nitrogens with zero attached hydrogens (tertiary/aromatic N) is 1. The largest absolute Gasteiger partial charge is 0.371 e. The Balaban J connectivity index is 2.10. The second kappa shape index (κ2) is 4.88. The van der Waals surface area contributed by atoms with Crippen molar-refractivity contribution in [3.63, 3.8) is 0 Å². The first kappa shape index (κ1) is 13.3. The maximum atomic E-state index is 13.0. The second-order valence-corrected chi connectivity index (χ2v) is 7.27. The molecule has 0 unspecified atom stereocenters. The Kier molecular flexibility index (Phi) is 3.61. The van der Waals surface area contributed by atoms with Crippen LogP contribution in [0.3, 0.4) is 0 Å². The molecule has 1 aromatic rings. The van der Waals surface area contributed by atoms with E-state index in [1.54, 1.807) is 6.07 Å². The number of hydrogen-bond acceptors (Lipinski definition) is 3. The summed E-state index contributed by atoms with van der Waals surface area (Å²) in [6.45, 7) is 3.30. The number of piperidine rings is 1. The molecule has 0 aromatic heterocycles. The van der Waals surface area contributed by atoms with Crippen molar-refractivity contribution in [3.8, 4) is 0 Å². The predicted molar refractivity (Wildman–Crippen MR) is 71.2 cm³/mol. The predicted octanol–water partition coefficient (Wildman–Crippen LogP) is 2.15. The van der Waals surface area contributed by atoms with E-state index in [1.807, 2.05) is 6.92 Å². The maximum absolute atomic E-state index is 13.0. The first-order valence-electron chi connectivity index (χ1n) is 6.08. The summed E-state index contributed by atoms with van der Waals surface area (Å²) in [6, 6.07) is 4.73. The number of halogens is 1. The van der Waals surface area contributed by atoms with Crippen LogP contribution < -0.4 is 4.90 Å². The molecule has 0 amide bonds. The highest BCUT2D eigenvalue weighted by molar-refractivity contribution is 7.91. The number of rotatable bonds is 2. The smallest absolute Gasteiger partial charge is 0.150 e. The number of benzene rings is 1. The summed E-state index contributed by atoms with van der Waals surface area (Å²) >= 11 is 0. The van der Waals surface area contributed by atoms with E-state index in [1.165, 1.54) is 18.4 Å². The molecule has 1 aromatic carbocycles. The van der Waals surface area contributed by atoms with Gasteiger partial charge >= 0.3 is 0 Å². The molecule has 1 fully saturated rings. The maximum Gasteiger partial charge on any atom is 0.150 e. The van der Waals surface area contributed by atoms with Crippen molar-refractivity contribution >= 4 is 15.5 Å². The van der Waals surface area contributed by atoms with Crippen molar-refractivity contribution < 1.29 is 12.8 Å². The van der Waals surface area contributed by atoms with Crippen molar-refractivity contribution in [2.75, 3.05) is 24.2 Å². The molecule has 1 aliphatic heterocycles. The number of anilines is 1. The van der Waals surface area contributed by atoms with Crippen LogP contribution in [0.4, 0.5) is 10.1 Å². The van der Waals surface area contributed by atoms with Crippen LogP contribution in [0.2, 0.25) is 0 Å². The summed E-state index contributed by atoms with van der Waals surface area (Å²) in [4.78, 5) is 2.14. The van der Waals surface area contributed by atoms with E-state index in [0.717, 1.165) is 11.3 Å². The van der Waals surface area contributed by atoms with E-state index >= 15 is 0 Å². The molecule has 18 heavy (non-hydrogen) atoms. The van der Waals surface area contributed by atoms with Crippen LogP contribution in [0.1, 0.15) is 18.4 Å². The van der Waals surface area contributed by atoms with Crippen LogP contribution in [0.15, 0.2) is 18.2 Å². The Morgan fingerprint density at radius 3 is 2.39 bits per heavy atom. The van der Waals surface area contributed by atoms with Gasteiger partial charge in [0.2, 0.25) is 0 Å².